The molecule has 8 nitrogen and oxygen atoms in total. The van der Waals surface area contributed by atoms with Gasteiger partial charge in [0.2, 0.25) is 0 Å². The Morgan fingerprint density at radius 2 is 1.00 bits per heavy atom. The minimum absolute atomic E-state index is 5.17. The van der Waals surface area contributed by atoms with Gasteiger partial charge in [-0.2, -0.15) is 7.82 Å². The molecule has 0 fully saturated rings. The van der Waals surface area contributed by atoms with Gasteiger partial charge in [-0.05, 0) is 0 Å². The predicted octanol–water partition coefficient (Wildman–Crippen LogP) is -4.16. The minimum atomic E-state index is -5.39. The standard InChI is InChI=1S/H3O4P.H2O4S/c2*1-5(2,3)4/h(H3,1,2,3,4);(H2,1,2,3,4)/p-5. The SMILES string of the molecule is O=P([O-])([O-])[O-].O=S(=O)([O-])[O-]. The van der Waals surface area contributed by atoms with E-state index in [4.69, 9.17) is 36.8 Å². The zero-order valence-electron chi connectivity index (χ0n) is 4.12. The van der Waals surface area contributed by atoms with E-state index in [2.05, 4.69) is 0 Å². The monoisotopic (exact) mass is 191 g/mol. The molecule has 0 aliphatic rings. The Bertz CT molecular complexity index is 187. The molecule has 0 aromatic heterocycles. The summed E-state index contributed by atoms with van der Waals surface area (Å²) in [6.45, 7) is 0. The van der Waals surface area contributed by atoms with Crippen LogP contribution in [0, 0.1) is 0 Å². The topological polar surface area (TPSA) is 167 Å². The minimum Gasteiger partial charge on any atom is -0.822 e. The van der Waals surface area contributed by atoms with Crippen molar-refractivity contribution in [1.82, 2.24) is 0 Å². The van der Waals surface area contributed by atoms with E-state index in [1.54, 1.807) is 0 Å². The van der Waals surface area contributed by atoms with Crippen LogP contribution in [0.25, 0.3) is 0 Å². The lowest BCUT2D eigenvalue weighted by Gasteiger charge is -2.36. The summed E-state index contributed by atoms with van der Waals surface area (Å²) < 4.78 is 42.6. The summed E-state index contributed by atoms with van der Waals surface area (Å²) in [4.78, 5) is 25.6. The van der Waals surface area contributed by atoms with Crippen LogP contribution in [-0.2, 0) is 15.0 Å². The Hall–Kier alpha value is -0.0200. The Morgan fingerprint density at radius 3 is 1.00 bits per heavy atom. The van der Waals surface area contributed by atoms with Crippen molar-refractivity contribution in [3.63, 3.8) is 0 Å². The van der Waals surface area contributed by atoms with Gasteiger partial charge in [0.05, 0.1) is 0 Å². The third-order valence-corrected chi connectivity index (χ3v) is 0. The molecule has 0 N–H and O–H groups in total. The van der Waals surface area contributed by atoms with Gasteiger partial charge in [-0.25, -0.2) is 0 Å². The fraction of sp³-hybridized carbons (Fsp3) is 0. The highest BCUT2D eigenvalue weighted by Gasteiger charge is 1.49. The molecule has 0 bridgehead atoms. The van der Waals surface area contributed by atoms with Gasteiger partial charge < -0.3 is 28.4 Å². The van der Waals surface area contributed by atoms with E-state index in [1.807, 2.05) is 0 Å². The quantitative estimate of drug-likeness (QED) is 0.211. The molecule has 0 unspecified atom stereocenters. The van der Waals surface area contributed by atoms with E-state index >= 15 is 0 Å². The van der Waals surface area contributed by atoms with E-state index in [0.29, 0.717) is 0 Å². The largest absolute Gasteiger partial charge is 0.822 e. The van der Waals surface area contributed by atoms with Gasteiger partial charge in [0.1, 0.15) is 0 Å². The first kappa shape index (κ1) is 12.6. The lowest BCUT2D eigenvalue weighted by Crippen LogP contribution is -2.24. The average molecular weight is 191 g/mol. The molecule has 0 amide bonds. The van der Waals surface area contributed by atoms with Crippen LogP contribution in [0.2, 0.25) is 0 Å². The van der Waals surface area contributed by atoms with Crippen LogP contribution in [0.1, 0.15) is 0 Å². The average Bonchev–Trinajstić information content (AvgIpc) is 1.12. The van der Waals surface area contributed by atoms with Crippen LogP contribution in [0.4, 0.5) is 0 Å². The maximum absolute atomic E-state index is 8.55. The van der Waals surface area contributed by atoms with Crippen LogP contribution in [0.5, 0.6) is 0 Å². The molecule has 10 heavy (non-hydrogen) atoms. The van der Waals surface area contributed by atoms with E-state index < -0.39 is 18.2 Å². The van der Waals surface area contributed by atoms with Gasteiger partial charge in [-0.15, -0.1) is 0 Å². The maximum atomic E-state index is 8.55. The number of rotatable bonds is 0. The second-order valence-corrected chi connectivity index (χ2v) is 2.57. The first-order valence-electron chi connectivity index (χ1n) is 1.40. The van der Waals surface area contributed by atoms with Gasteiger partial charge in [0.25, 0.3) is 0 Å². The van der Waals surface area contributed by atoms with Crippen molar-refractivity contribution in [2.45, 2.75) is 0 Å². The van der Waals surface area contributed by atoms with Crippen LogP contribution in [0.3, 0.4) is 0 Å². The van der Waals surface area contributed by atoms with Gasteiger partial charge in [-0.3, -0.25) is 8.42 Å². The van der Waals surface area contributed by atoms with Crippen molar-refractivity contribution in [3.05, 3.63) is 0 Å². The highest BCUT2D eigenvalue weighted by Crippen LogP contribution is 2.03. The second-order valence-electron chi connectivity index (χ2n) is 0.855. The van der Waals surface area contributed by atoms with E-state index in [0.717, 1.165) is 0 Å². The zero-order valence-corrected chi connectivity index (χ0v) is 5.83. The molecular formula is O8PS-5. The molecule has 0 aromatic rings. The van der Waals surface area contributed by atoms with E-state index in [-0.39, 0.29) is 0 Å². The van der Waals surface area contributed by atoms with Gasteiger partial charge in [0.15, 0.2) is 0 Å². The zero-order chi connectivity index (χ0) is 9.00. The molecule has 0 atom stereocenters. The summed E-state index contributed by atoms with van der Waals surface area (Å²) >= 11 is 0. The van der Waals surface area contributed by atoms with Crippen molar-refractivity contribution in [2.24, 2.45) is 0 Å². The van der Waals surface area contributed by atoms with Crippen LogP contribution in [-0.4, -0.2) is 17.5 Å². The first-order chi connectivity index (χ1) is 4.00. The molecule has 0 aliphatic heterocycles. The molecule has 0 aliphatic carbocycles. The molecule has 0 heterocycles. The first-order valence-corrected chi connectivity index (χ1v) is 4.19. The molecule has 0 spiro atoms. The summed E-state index contributed by atoms with van der Waals surface area (Å²) in [5, 5.41) is 0. The van der Waals surface area contributed by atoms with Gasteiger partial charge >= 0.3 is 0 Å². The smallest absolute Gasteiger partial charge is 0.0311 e. The van der Waals surface area contributed by atoms with Gasteiger partial charge in [0, 0.05) is 10.4 Å². The number of phosphoric acid groups is 1. The summed E-state index contributed by atoms with van der Waals surface area (Å²) in [7, 11) is -10.6. The number of hydrogen-bond acceptors (Lipinski definition) is 8. The van der Waals surface area contributed by atoms with Crippen LogP contribution >= 0.6 is 7.82 Å². The molecule has 0 aromatic carbocycles. The summed E-state index contributed by atoms with van der Waals surface area (Å²) in [6.07, 6.45) is 0. The van der Waals surface area contributed by atoms with E-state index in [9.17, 15) is 0 Å². The molecule has 0 saturated carbocycles. The third-order valence-electron chi connectivity index (χ3n) is 0. The highest BCUT2D eigenvalue weighted by atomic mass is 32.3. The molecule has 0 saturated heterocycles. The molecule has 10 heteroatoms. The Balaban J connectivity index is 0. The van der Waals surface area contributed by atoms with Crippen LogP contribution < -0.4 is 14.7 Å². The maximum Gasteiger partial charge on any atom is 0.0311 e. The lowest BCUT2D eigenvalue weighted by atomic mass is 15.8. The fourth-order valence-electron chi connectivity index (χ4n) is 0. The van der Waals surface area contributed by atoms with Crippen LogP contribution in [0.15, 0.2) is 0 Å². The summed E-state index contributed by atoms with van der Waals surface area (Å²) in [5.74, 6) is 0. The van der Waals surface area contributed by atoms with Crippen molar-refractivity contribution in [1.29, 1.82) is 0 Å². The fourth-order valence-corrected chi connectivity index (χ4v) is 0. The third kappa shape index (κ3) is 972000. The molecule has 0 rings (SSSR count). The summed E-state index contributed by atoms with van der Waals surface area (Å²) in [6, 6.07) is 0. The predicted molar refractivity (Wildman–Crippen MR) is 18.1 cm³/mol. The van der Waals surface area contributed by atoms with Gasteiger partial charge in [-0.1, -0.05) is 0 Å². The number of hydrogen-bond donors (Lipinski definition) is 0. The molecule has 64 valence electrons. The normalized spacial score (nSPS) is 11.7. The Morgan fingerprint density at radius 1 is 1.00 bits per heavy atom. The Labute approximate surface area is 55.9 Å². The van der Waals surface area contributed by atoms with Crippen molar-refractivity contribution < 1.29 is 36.8 Å². The van der Waals surface area contributed by atoms with Crippen molar-refractivity contribution in [2.75, 3.05) is 0 Å². The van der Waals surface area contributed by atoms with E-state index in [1.165, 1.54) is 0 Å². The van der Waals surface area contributed by atoms with Crippen molar-refractivity contribution >= 4 is 18.2 Å². The molecule has 0 radical (unpaired) electrons. The lowest BCUT2D eigenvalue weighted by molar-refractivity contribution is -0.432. The van der Waals surface area contributed by atoms with Crippen molar-refractivity contribution in [3.8, 4) is 0 Å². The Kier molecular flexibility index (Phi) is 5.04. The molecular weight excluding hydrogens is 191 g/mol. The summed E-state index contributed by atoms with van der Waals surface area (Å²) in [5.41, 5.74) is 0. The second kappa shape index (κ2) is 3.98. The highest BCUT2D eigenvalue weighted by molar-refractivity contribution is 7.79.